The highest BCUT2D eigenvalue weighted by Gasteiger charge is 2.39. The van der Waals surface area contributed by atoms with Gasteiger partial charge < -0.3 is 10.4 Å². The summed E-state index contributed by atoms with van der Waals surface area (Å²) in [5.74, 6) is -0.999. The van der Waals surface area contributed by atoms with Crippen molar-refractivity contribution < 1.29 is 14.3 Å². The number of aliphatic hydroxyl groups is 1. The van der Waals surface area contributed by atoms with E-state index in [0.717, 1.165) is 0 Å². The molecule has 0 aliphatic carbocycles. The molecule has 0 bridgehead atoms. The van der Waals surface area contributed by atoms with Crippen LogP contribution < -0.4 is 5.32 Å². The number of anilines is 1. The molecule has 0 fully saturated rings. The van der Waals surface area contributed by atoms with Crippen LogP contribution in [0.15, 0.2) is 84.9 Å². The molecular weight excluding hydrogens is 305 g/mol. The molecule has 3 rings (SSSR count). The van der Waals surface area contributed by atoms with Crippen LogP contribution in [-0.4, -0.2) is 11.0 Å². The van der Waals surface area contributed by atoms with E-state index in [4.69, 9.17) is 0 Å². The summed E-state index contributed by atoms with van der Waals surface area (Å²) >= 11 is 0. The molecule has 1 amide bonds. The zero-order chi connectivity index (χ0) is 17.0. The number of hydrogen-bond donors (Lipinski definition) is 2. The Hall–Kier alpha value is -2.98. The summed E-state index contributed by atoms with van der Waals surface area (Å²) in [6.45, 7) is 0. The molecular formula is C20H16FNO2. The fourth-order valence-electron chi connectivity index (χ4n) is 2.54. The van der Waals surface area contributed by atoms with E-state index < -0.39 is 17.3 Å². The highest BCUT2D eigenvalue weighted by atomic mass is 19.1. The van der Waals surface area contributed by atoms with Crippen LogP contribution in [0, 0.1) is 5.82 Å². The van der Waals surface area contributed by atoms with Crippen molar-refractivity contribution in [2.75, 3.05) is 5.32 Å². The molecule has 24 heavy (non-hydrogen) atoms. The monoisotopic (exact) mass is 321 g/mol. The Morgan fingerprint density at radius 3 is 1.71 bits per heavy atom. The van der Waals surface area contributed by atoms with Crippen LogP contribution in [-0.2, 0) is 10.4 Å². The highest BCUT2D eigenvalue weighted by molar-refractivity contribution is 6.00. The second kappa shape index (κ2) is 6.64. The van der Waals surface area contributed by atoms with Gasteiger partial charge in [0, 0.05) is 5.69 Å². The zero-order valence-corrected chi connectivity index (χ0v) is 12.8. The summed E-state index contributed by atoms with van der Waals surface area (Å²) in [7, 11) is 0. The molecule has 0 aliphatic rings. The largest absolute Gasteiger partial charge is 0.372 e. The third-order valence-electron chi connectivity index (χ3n) is 3.81. The van der Waals surface area contributed by atoms with Crippen molar-refractivity contribution in [3.8, 4) is 0 Å². The van der Waals surface area contributed by atoms with Gasteiger partial charge >= 0.3 is 0 Å². The van der Waals surface area contributed by atoms with Gasteiger partial charge in [-0.25, -0.2) is 4.39 Å². The van der Waals surface area contributed by atoms with Gasteiger partial charge in [0.1, 0.15) is 5.82 Å². The summed E-state index contributed by atoms with van der Waals surface area (Å²) < 4.78 is 13.0. The van der Waals surface area contributed by atoms with E-state index in [1.165, 1.54) is 24.3 Å². The van der Waals surface area contributed by atoms with E-state index in [0.29, 0.717) is 16.8 Å². The minimum absolute atomic E-state index is 0.394. The molecule has 0 radical (unpaired) electrons. The number of nitrogens with one attached hydrogen (secondary N) is 1. The molecule has 0 unspecified atom stereocenters. The van der Waals surface area contributed by atoms with Crippen LogP contribution in [0.5, 0.6) is 0 Å². The Bertz CT molecular complexity index is 778. The molecule has 3 aromatic rings. The number of hydrogen-bond acceptors (Lipinski definition) is 2. The van der Waals surface area contributed by atoms with E-state index in [9.17, 15) is 14.3 Å². The first-order valence-electron chi connectivity index (χ1n) is 7.51. The van der Waals surface area contributed by atoms with Crippen molar-refractivity contribution in [3.05, 3.63) is 102 Å². The van der Waals surface area contributed by atoms with Gasteiger partial charge in [-0.05, 0) is 35.4 Å². The van der Waals surface area contributed by atoms with Gasteiger partial charge in [-0.1, -0.05) is 60.7 Å². The minimum Gasteiger partial charge on any atom is -0.372 e. The number of carbonyl (C=O) groups is 1. The van der Waals surface area contributed by atoms with Gasteiger partial charge in [-0.15, -0.1) is 0 Å². The van der Waals surface area contributed by atoms with Crippen LogP contribution in [0.25, 0.3) is 0 Å². The standard InChI is InChI=1S/C20H16FNO2/c21-17-11-13-18(14-12-17)22-19(23)20(24,15-7-3-1-4-8-15)16-9-5-2-6-10-16/h1-14,24H,(H,22,23). The first-order chi connectivity index (χ1) is 11.6. The Kier molecular flexibility index (Phi) is 4.40. The van der Waals surface area contributed by atoms with E-state index in [1.54, 1.807) is 48.5 Å². The van der Waals surface area contributed by atoms with Crippen molar-refractivity contribution in [2.24, 2.45) is 0 Å². The number of carbonyl (C=O) groups excluding carboxylic acids is 1. The van der Waals surface area contributed by atoms with Crippen LogP contribution in [0.1, 0.15) is 11.1 Å². The Labute approximate surface area is 139 Å². The minimum atomic E-state index is -1.85. The smallest absolute Gasteiger partial charge is 0.265 e. The summed E-state index contributed by atoms with van der Waals surface area (Å²) in [6, 6.07) is 22.8. The van der Waals surface area contributed by atoms with Gasteiger partial charge in [0.05, 0.1) is 0 Å². The second-order valence-electron chi connectivity index (χ2n) is 5.40. The summed E-state index contributed by atoms with van der Waals surface area (Å²) in [4.78, 5) is 12.9. The molecule has 0 heterocycles. The molecule has 120 valence electrons. The van der Waals surface area contributed by atoms with Crippen molar-refractivity contribution in [1.82, 2.24) is 0 Å². The number of benzene rings is 3. The lowest BCUT2D eigenvalue weighted by Gasteiger charge is -2.28. The summed E-state index contributed by atoms with van der Waals surface area (Å²) in [6.07, 6.45) is 0. The first kappa shape index (κ1) is 15.9. The van der Waals surface area contributed by atoms with Crippen molar-refractivity contribution in [1.29, 1.82) is 0 Å². The van der Waals surface area contributed by atoms with Gasteiger partial charge in [0.2, 0.25) is 0 Å². The van der Waals surface area contributed by atoms with Crippen molar-refractivity contribution in [3.63, 3.8) is 0 Å². The SMILES string of the molecule is O=C(Nc1ccc(F)cc1)C(O)(c1ccccc1)c1ccccc1. The Morgan fingerprint density at radius 1 is 0.792 bits per heavy atom. The average molecular weight is 321 g/mol. The Morgan fingerprint density at radius 2 is 1.25 bits per heavy atom. The van der Waals surface area contributed by atoms with Crippen LogP contribution in [0.4, 0.5) is 10.1 Å². The molecule has 0 aromatic heterocycles. The maximum atomic E-state index is 13.0. The van der Waals surface area contributed by atoms with Crippen LogP contribution in [0.3, 0.4) is 0 Å². The third-order valence-corrected chi connectivity index (χ3v) is 3.81. The average Bonchev–Trinajstić information content (AvgIpc) is 2.64. The lowest BCUT2D eigenvalue weighted by Crippen LogP contribution is -2.41. The third kappa shape index (κ3) is 3.05. The second-order valence-corrected chi connectivity index (χ2v) is 5.40. The molecule has 3 nitrogen and oxygen atoms in total. The van der Waals surface area contributed by atoms with E-state index in [2.05, 4.69) is 5.32 Å². The fourth-order valence-corrected chi connectivity index (χ4v) is 2.54. The normalized spacial score (nSPS) is 11.1. The van der Waals surface area contributed by atoms with Gasteiger partial charge in [0.15, 0.2) is 5.60 Å². The lowest BCUT2D eigenvalue weighted by molar-refractivity contribution is -0.131. The maximum absolute atomic E-state index is 13.0. The molecule has 0 saturated heterocycles. The number of amides is 1. The first-order valence-corrected chi connectivity index (χ1v) is 7.51. The van der Waals surface area contributed by atoms with E-state index in [1.807, 2.05) is 12.1 Å². The zero-order valence-electron chi connectivity index (χ0n) is 12.8. The topological polar surface area (TPSA) is 49.3 Å². The maximum Gasteiger partial charge on any atom is 0.265 e. The lowest BCUT2D eigenvalue weighted by atomic mass is 9.85. The fraction of sp³-hybridized carbons (Fsp3) is 0.0500. The van der Waals surface area contributed by atoms with Gasteiger partial charge in [0.25, 0.3) is 5.91 Å². The quantitative estimate of drug-likeness (QED) is 0.770. The number of halogens is 1. The summed E-state index contributed by atoms with van der Waals surface area (Å²) in [5, 5.41) is 13.9. The predicted molar refractivity (Wildman–Crippen MR) is 90.9 cm³/mol. The molecule has 3 aromatic carbocycles. The molecule has 2 N–H and O–H groups in total. The molecule has 4 heteroatoms. The molecule has 0 spiro atoms. The molecule has 0 atom stereocenters. The van der Waals surface area contributed by atoms with Gasteiger partial charge in [-0.3, -0.25) is 4.79 Å². The highest BCUT2D eigenvalue weighted by Crippen LogP contribution is 2.31. The summed E-state index contributed by atoms with van der Waals surface area (Å²) in [5.41, 5.74) is -0.532. The van der Waals surface area contributed by atoms with Crippen LogP contribution >= 0.6 is 0 Å². The molecule has 0 saturated carbocycles. The van der Waals surface area contributed by atoms with Crippen molar-refractivity contribution in [2.45, 2.75) is 5.60 Å². The van der Waals surface area contributed by atoms with E-state index in [-0.39, 0.29) is 0 Å². The van der Waals surface area contributed by atoms with Gasteiger partial charge in [-0.2, -0.15) is 0 Å². The van der Waals surface area contributed by atoms with Crippen LogP contribution in [0.2, 0.25) is 0 Å². The van der Waals surface area contributed by atoms with E-state index >= 15 is 0 Å². The molecule has 0 aliphatic heterocycles. The number of rotatable bonds is 4. The predicted octanol–water partition coefficient (Wildman–Crippen LogP) is 3.70. The van der Waals surface area contributed by atoms with Crippen molar-refractivity contribution >= 4 is 11.6 Å². The Balaban J connectivity index is 2.02.